The van der Waals surface area contributed by atoms with E-state index < -0.39 is 11.7 Å². The van der Waals surface area contributed by atoms with Gasteiger partial charge in [-0.3, -0.25) is 0 Å². The number of fused-ring (bicyclic) bond motifs is 1. The van der Waals surface area contributed by atoms with Gasteiger partial charge in [0.1, 0.15) is 0 Å². The van der Waals surface area contributed by atoms with Crippen molar-refractivity contribution in [2.75, 3.05) is 11.9 Å². The molecule has 5 heteroatoms. The highest BCUT2D eigenvalue weighted by Gasteiger charge is 2.32. The van der Waals surface area contributed by atoms with Gasteiger partial charge in [0.2, 0.25) is 0 Å². The van der Waals surface area contributed by atoms with Gasteiger partial charge in [-0.15, -0.1) is 0 Å². The number of halogens is 4. The number of nitrogens with one attached hydrogen (secondary N) is 1. The van der Waals surface area contributed by atoms with Gasteiger partial charge >= 0.3 is 6.18 Å². The second kappa shape index (κ2) is 3.05. The predicted octanol–water partition coefficient (Wildman–Crippen LogP) is 3.33. The molecule has 0 unspecified atom stereocenters. The summed E-state index contributed by atoms with van der Waals surface area (Å²) in [5.74, 6) is 0. The maximum absolute atomic E-state index is 12.4. The van der Waals surface area contributed by atoms with E-state index in [4.69, 9.17) is 11.6 Å². The van der Waals surface area contributed by atoms with E-state index in [-0.39, 0.29) is 5.02 Å². The zero-order valence-electron chi connectivity index (χ0n) is 7.08. The first-order valence-corrected chi connectivity index (χ1v) is 4.50. The fourth-order valence-electron chi connectivity index (χ4n) is 1.54. The van der Waals surface area contributed by atoms with Crippen molar-refractivity contribution in [2.24, 2.45) is 0 Å². The van der Waals surface area contributed by atoms with Crippen molar-refractivity contribution in [3.8, 4) is 0 Å². The van der Waals surface area contributed by atoms with E-state index in [1.54, 1.807) is 0 Å². The van der Waals surface area contributed by atoms with Crippen LogP contribution in [0.5, 0.6) is 0 Å². The van der Waals surface area contributed by atoms with Gasteiger partial charge in [-0.1, -0.05) is 11.6 Å². The third kappa shape index (κ3) is 1.54. The summed E-state index contributed by atoms with van der Waals surface area (Å²) in [6, 6.07) is 2.11. The minimum atomic E-state index is -4.32. The van der Waals surface area contributed by atoms with Crippen LogP contribution in [0.1, 0.15) is 11.1 Å². The van der Waals surface area contributed by atoms with Gasteiger partial charge in [0.05, 0.1) is 16.3 Å². The highest BCUT2D eigenvalue weighted by Crippen LogP contribution is 2.38. The fraction of sp³-hybridized carbons (Fsp3) is 0.333. The van der Waals surface area contributed by atoms with Crippen LogP contribution in [0.2, 0.25) is 5.02 Å². The second-order valence-corrected chi connectivity index (χ2v) is 3.57. The Labute approximate surface area is 83.9 Å². The number of hydrogen-bond acceptors (Lipinski definition) is 1. The SMILES string of the molecule is FC(F)(F)c1cc(Cl)c2c(c1)CCN2. The standard InChI is InChI=1S/C9H7ClF3N/c10-7-4-6(9(11,12)13)3-5-1-2-14-8(5)7/h3-4,14H,1-2H2. The summed E-state index contributed by atoms with van der Waals surface area (Å²) in [5, 5.41) is 3.09. The van der Waals surface area contributed by atoms with Crippen molar-refractivity contribution >= 4 is 17.3 Å². The van der Waals surface area contributed by atoms with Crippen LogP contribution in [0.25, 0.3) is 0 Å². The maximum atomic E-state index is 12.4. The van der Waals surface area contributed by atoms with E-state index in [1.807, 2.05) is 0 Å². The van der Waals surface area contributed by atoms with Crippen LogP contribution in [0.15, 0.2) is 12.1 Å². The molecule has 0 saturated carbocycles. The van der Waals surface area contributed by atoms with Crippen LogP contribution < -0.4 is 5.32 Å². The van der Waals surface area contributed by atoms with Gasteiger partial charge in [-0.25, -0.2) is 0 Å². The molecule has 0 saturated heterocycles. The van der Waals surface area contributed by atoms with Crippen LogP contribution in [-0.4, -0.2) is 6.54 Å². The summed E-state index contributed by atoms with van der Waals surface area (Å²) in [6.07, 6.45) is -3.72. The van der Waals surface area contributed by atoms with E-state index in [0.717, 1.165) is 12.1 Å². The topological polar surface area (TPSA) is 12.0 Å². The molecule has 0 amide bonds. The Morgan fingerprint density at radius 1 is 1.29 bits per heavy atom. The molecule has 1 nitrogen and oxygen atoms in total. The summed E-state index contributed by atoms with van der Waals surface area (Å²) in [4.78, 5) is 0. The van der Waals surface area contributed by atoms with Crippen LogP contribution >= 0.6 is 11.6 Å². The lowest BCUT2D eigenvalue weighted by Crippen LogP contribution is -2.05. The number of hydrogen-bond donors (Lipinski definition) is 1. The molecule has 0 radical (unpaired) electrons. The lowest BCUT2D eigenvalue weighted by molar-refractivity contribution is -0.137. The van der Waals surface area contributed by atoms with Crippen molar-refractivity contribution in [3.63, 3.8) is 0 Å². The first-order valence-electron chi connectivity index (χ1n) is 4.12. The van der Waals surface area contributed by atoms with Gasteiger partial charge in [-0.05, 0) is 24.1 Å². The predicted molar refractivity (Wildman–Crippen MR) is 48.6 cm³/mol. The summed E-state index contributed by atoms with van der Waals surface area (Å²) in [6.45, 7) is 0.649. The number of anilines is 1. The highest BCUT2D eigenvalue weighted by molar-refractivity contribution is 6.33. The third-order valence-corrected chi connectivity index (χ3v) is 2.49. The van der Waals surface area contributed by atoms with E-state index in [9.17, 15) is 13.2 Å². The Morgan fingerprint density at radius 2 is 2.00 bits per heavy atom. The van der Waals surface area contributed by atoms with Crippen LogP contribution in [-0.2, 0) is 12.6 Å². The Morgan fingerprint density at radius 3 is 2.64 bits per heavy atom. The Kier molecular flexibility index (Phi) is 2.10. The summed E-state index contributed by atoms with van der Waals surface area (Å²) in [5.41, 5.74) is 0.606. The molecule has 1 aliphatic heterocycles. The molecule has 76 valence electrons. The van der Waals surface area contributed by atoms with E-state index in [1.165, 1.54) is 0 Å². The molecule has 0 bridgehead atoms. The van der Waals surface area contributed by atoms with Gasteiger partial charge in [0.15, 0.2) is 0 Å². The number of benzene rings is 1. The lowest BCUT2D eigenvalue weighted by Gasteiger charge is -2.10. The summed E-state index contributed by atoms with van der Waals surface area (Å²) < 4.78 is 37.1. The van der Waals surface area contributed by atoms with Crippen LogP contribution in [0.3, 0.4) is 0 Å². The second-order valence-electron chi connectivity index (χ2n) is 3.17. The Hall–Kier alpha value is -0.900. The maximum Gasteiger partial charge on any atom is 0.416 e. The van der Waals surface area contributed by atoms with Crippen LogP contribution in [0.4, 0.5) is 18.9 Å². The average molecular weight is 222 g/mol. The minimum Gasteiger partial charge on any atom is -0.383 e. The molecule has 14 heavy (non-hydrogen) atoms. The number of alkyl halides is 3. The van der Waals surface area contributed by atoms with Crippen molar-refractivity contribution in [1.82, 2.24) is 0 Å². The van der Waals surface area contributed by atoms with Gasteiger partial charge in [0, 0.05) is 6.54 Å². The molecule has 1 N–H and O–H groups in total. The molecular formula is C9H7ClF3N. The van der Waals surface area contributed by atoms with Gasteiger partial charge in [-0.2, -0.15) is 13.2 Å². The molecule has 2 rings (SSSR count). The molecule has 0 spiro atoms. The molecule has 0 aromatic heterocycles. The smallest absolute Gasteiger partial charge is 0.383 e. The van der Waals surface area contributed by atoms with E-state index in [0.29, 0.717) is 24.2 Å². The van der Waals surface area contributed by atoms with Crippen molar-refractivity contribution < 1.29 is 13.2 Å². The van der Waals surface area contributed by atoms with E-state index in [2.05, 4.69) is 5.32 Å². The Balaban J connectivity index is 2.52. The molecule has 1 aliphatic rings. The summed E-state index contributed by atoms with van der Waals surface area (Å²) in [7, 11) is 0. The lowest BCUT2D eigenvalue weighted by atomic mass is 10.1. The van der Waals surface area contributed by atoms with Crippen molar-refractivity contribution in [2.45, 2.75) is 12.6 Å². The van der Waals surface area contributed by atoms with Crippen molar-refractivity contribution in [1.29, 1.82) is 0 Å². The fourth-order valence-corrected chi connectivity index (χ4v) is 1.85. The Bertz CT molecular complexity index is 373. The van der Waals surface area contributed by atoms with Crippen LogP contribution in [0, 0.1) is 0 Å². The largest absolute Gasteiger partial charge is 0.416 e. The molecule has 0 atom stereocenters. The average Bonchev–Trinajstić information content (AvgIpc) is 2.50. The minimum absolute atomic E-state index is 0.146. The van der Waals surface area contributed by atoms with Gasteiger partial charge in [0.25, 0.3) is 0 Å². The monoisotopic (exact) mass is 221 g/mol. The van der Waals surface area contributed by atoms with Crippen molar-refractivity contribution in [3.05, 3.63) is 28.3 Å². The summed E-state index contributed by atoms with van der Waals surface area (Å²) >= 11 is 5.72. The molecular weight excluding hydrogens is 215 g/mol. The zero-order chi connectivity index (χ0) is 10.3. The normalized spacial score (nSPS) is 15.1. The first kappa shape index (κ1) is 9.65. The molecule has 1 heterocycles. The molecule has 0 fully saturated rings. The first-order chi connectivity index (χ1) is 6.48. The molecule has 0 aliphatic carbocycles. The highest BCUT2D eigenvalue weighted by atomic mass is 35.5. The number of rotatable bonds is 0. The third-order valence-electron chi connectivity index (χ3n) is 2.20. The molecule has 1 aromatic rings. The quantitative estimate of drug-likeness (QED) is 0.709. The van der Waals surface area contributed by atoms with E-state index >= 15 is 0 Å². The van der Waals surface area contributed by atoms with Gasteiger partial charge < -0.3 is 5.32 Å². The molecule has 1 aromatic carbocycles. The zero-order valence-corrected chi connectivity index (χ0v) is 7.84.